The predicted octanol–water partition coefficient (Wildman–Crippen LogP) is 5.64. The Balaban J connectivity index is 2.44. The normalized spacial score (nSPS) is 14.4. The predicted molar refractivity (Wildman–Crippen MR) is 105 cm³/mol. The van der Waals surface area contributed by atoms with E-state index in [2.05, 4.69) is 32.6 Å². The van der Waals surface area contributed by atoms with E-state index in [0.29, 0.717) is 5.92 Å². The van der Waals surface area contributed by atoms with Gasteiger partial charge < -0.3 is 10.2 Å². The summed E-state index contributed by atoms with van der Waals surface area (Å²) in [5.74, 6) is 0.409. The zero-order chi connectivity index (χ0) is 18.8. The number of aliphatic hydroxyl groups excluding tert-OH is 2. The molecule has 0 amide bonds. The van der Waals surface area contributed by atoms with Crippen LogP contribution in [0.5, 0.6) is 0 Å². The maximum atomic E-state index is 11.1. The number of hydrogen-bond acceptors (Lipinski definition) is 2. The Morgan fingerprint density at radius 1 is 0.920 bits per heavy atom. The van der Waals surface area contributed by atoms with Crippen molar-refractivity contribution < 1.29 is 10.2 Å². The standard InChI is InChI=1S/C23H30O2/c1-15(2)18-12-13-19(20(14-18)16(3)4)22(25)23(5,6)21(24)17-10-8-7-9-11-17/h7-15,21-22,24-25H,3H2,1-2,4-6H3/t21-,22-/m0/s1. The second-order valence-electron chi connectivity index (χ2n) is 7.82. The van der Waals surface area contributed by atoms with E-state index >= 15 is 0 Å². The van der Waals surface area contributed by atoms with Crippen molar-refractivity contribution in [2.75, 3.05) is 0 Å². The maximum absolute atomic E-state index is 11.1. The zero-order valence-electron chi connectivity index (χ0n) is 16.0. The highest BCUT2D eigenvalue weighted by Gasteiger charge is 2.38. The van der Waals surface area contributed by atoms with Gasteiger partial charge in [0, 0.05) is 5.41 Å². The van der Waals surface area contributed by atoms with Crippen LogP contribution in [0.4, 0.5) is 0 Å². The summed E-state index contributed by atoms with van der Waals surface area (Å²) in [5.41, 5.74) is 3.98. The lowest BCUT2D eigenvalue weighted by atomic mass is 9.73. The molecule has 0 aromatic heterocycles. The molecule has 25 heavy (non-hydrogen) atoms. The molecule has 0 heterocycles. The summed E-state index contributed by atoms with van der Waals surface area (Å²) in [6.45, 7) is 14.1. The average molecular weight is 338 g/mol. The van der Waals surface area contributed by atoms with Crippen molar-refractivity contribution in [2.24, 2.45) is 5.41 Å². The number of aliphatic hydroxyl groups is 2. The quantitative estimate of drug-likeness (QED) is 0.716. The van der Waals surface area contributed by atoms with Crippen molar-refractivity contribution in [1.82, 2.24) is 0 Å². The lowest BCUT2D eigenvalue weighted by molar-refractivity contribution is -0.0514. The molecule has 0 aliphatic carbocycles. The minimum Gasteiger partial charge on any atom is -0.388 e. The minimum absolute atomic E-state index is 0.409. The summed E-state index contributed by atoms with van der Waals surface area (Å²) in [6.07, 6.45) is -1.58. The minimum atomic E-state index is -0.810. The molecule has 2 aromatic rings. The van der Waals surface area contributed by atoms with Gasteiger partial charge in [-0.25, -0.2) is 0 Å². The first-order valence-electron chi connectivity index (χ1n) is 8.87. The molecule has 2 heteroatoms. The zero-order valence-corrected chi connectivity index (χ0v) is 16.0. The Morgan fingerprint density at radius 3 is 2.04 bits per heavy atom. The summed E-state index contributed by atoms with van der Waals surface area (Å²) in [7, 11) is 0. The van der Waals surface area contributed by atoms with Gasteiger partial charge in [0.2, 0.25) is 0 Å². The van der Waals surface area contributed by atoms with Crippen LogP contribution in [0.1, 0.15) is 75.0 Å². The van der Waals surface area contributed by atoms with Gasteiger partial charge in [-0.15, -0.1) is 0 Å². The third-order valence-corrected chi connectivity index (χ3v) is 5.02. The van der Waals surface area contributed by atoms with Gasteiger partial charge in [0.05, 0.1) is 12.2 Å². The first-order valence-corrected chi connectivity index (χ1v) is 8.87. The number of hydrogen-bond donors (Lipinski definition) is 2. The van der Waals surface area contributed by atoms with Crippen molar-refractivity contribution in [3.63, 3.8) is 0 Å². The molecule has 0 bridgehead atoms. The lowest BCUT2D eigenvalue weighted by Gasteiger charge is -2.37. The Morgan fingerprint density at radius 2 is 1.52 bits per heavy atom. The first kappa shape index (κ1) is 19.4. The summed E-state index contributed by atoms with van der Waals surface area (Å²) in [4.78, 5) is 0. The van der Waals surface area contributed by atoms with Crippen LogP contribution in [0, 0.1) is 5.41 Å². The van der Waals surface area contributed by atoms with Crippen LogP contribution in [0.2, 0.25) is 0 Å². The molecule has 0 radical (unpaired) electrons. The Kier molecular flexibility index (Phi) is 5.87. The molecule has 134 valence electrons. The fourth-order valence-electron chi connectivity index (χ4n) is 3.16. The van der Waals surface area contributed by atoms with E-state index in [-0.39, 0.29) is 0 Å². The molecule has 0 saturated heterocycles. The van der Waals surface area contributed by atoms with E-state index in [0.717, 1.165) is 22.3 Å². The number of rotatable bonds is 6. The van der Waals surface area contributed by atoms with Crippen LogP contribution in [0.3, 0.4) is 0 Å². The highest BCUT2D eigenvalue weighted by Crippen LogP contribution is 2.45. The maximum Gasteiger partial charge on any atom is 0.0874 e. The lowest BCUT2D eigenvalue weighted by Crippen LogP contribution is -2.30. The highest BCUT2D eigenvalue weighted by molar-refractivity contribution is 5.66. The van der Waals surface area contributed by atoms with Crippen LogP contribution < -0.4 is 0 Å². The van der Waals surface area contributed by atoms with Crippen molar-refractivity contribution in [1.29, 1.82) is 0 Å². The molecule has 0 aliphatic heterocycles. The fourth-order valence-corrected chi connectivity index (χ4v) is 3.16. The van der Waals surface area contributed by atoms with Gasteiger partial charge >= 0.3 is 0 Å². The first-order chi connectivity index (χ1) is 11.7. The van der Waals surface area contributed by atoms with Gasteiger partial charge in [0.1, 0.15) is 0 Å². The van der Waals surface area contributed by atoms with Crippen LogP contribution in [0.25, 0.3) is 5.57 Å². The molecule has 0 fully saturated rings. The molecule has 2 aromatic carbocycles. The van der Waals surface area contributed by atoms with E-state index in [1.165, 1.54) is 5.56 Å². The summed E-state index contributed by atoms with van der Waals surface area (Å²) in [5, 5.41) is 22.0. The third kappa shape index (κ3) is 4.02. The average Bonchev–Trinajstić information content (AvgIpc) is 2.60. The SMILES string of the molecule is C=C(C)c1cc(C(C)C)ccc1[C@H](O)C(C)(C)[C@@H](O)c1ccccc1. The van der Waals surface area contributed by atoms with Crippen LogP contribution in [0.15, 0.2) is 55.1 Å². The number of benzene rings is 2. The van der Waals surface area contributed by atoms with E-state index in [9.17, 15) is 10.2 Å². The van der Waals surface area contributed by atoms with Crippen LogP contribution >= 0.6 is 0 Å². The summed E-state index contributed by atoms with van der Waals surface area (Å²) in [6, 6.07) is 15.6. The monoisotopic (exact) mass is 338 g/mol. The molecular weight excluding hydrogens is 308 g/mol. The molecule has 2 rings (SSSR count). The van der Waals surface area contributed by atoms with Crippen LogP contribution in [-0.4, -0.2) is 10.2 Å². The molecule has 0 saturated carbocycles. The molecule has 0 aliphatic rings. The Bertz CT molecular complexity index is 729. The largest absolute Gasteiger partial charge is 0.388 e. The highest BCUT2D eigenvalue weighted by atomic mass is 16.3. The second kappa shape index (κ2) is 7.55. The molecular formula is C23H30O2. The second-order valence-corrected chi connectivity index (χ2v) is 7.82. The van der Waals surface area contributed by atoms with Gasteiger partial charge in [-0.2, -0.15) is 0 Å². The third-order valence-electron chi connectivity index (χ3n) is 5.02. The summed E-state index contributed by atoms with van der Waals surface area (Å²) >= 11 is 0. The Labute approximate surface area is 151 Å². The summed E-state index contributed by atoms with van der Waals surface area (Å²) < 4.78 is 0. The molecule has 2 N–H and O–H groups in total. The van der Waals surface area contributed by atoms with Gasteiger partial charge in [-0.1, -0.05) is 88.4 Å². The van der Waals surface area contributed by atoms with Gasteiger partial charge in [-0.05, 0) is 35.1 Å². The molecule has 0 unspecified atom stereocenters. The van der Waals surface area contributed by atoms with Gasteiger partial charge in [-0.3, -0.25) is 0 Å². The van der Waals surface area contributed by atoms with Crippen molar-refractivity contribution in [3.05, 3.63) is 77.4 Å². The van der Waals surface area contributed by atoms with Crippen LogP contribution in [-0.2, 0) is 0 Å². The van der Waals surface area contributed by atoms with E-state index in [1.807, 2.05) is 57.2 Å². The van der Waals surface area contributed by atoms with Gasteiger partial charge in [0.25, 0.3) is 0 Å². The van der Waals surface area contributed by atoms with E-state index in [1.54, 1.807) is 0 Å². The topological polar surface area (TPSA) is 40.5 Å². The molecule has 2 nitrogen and oxygen atoms in total. The van der Waals surface area contributed by atoms with E-state index < -0.39 is 17.6 Å². The van der Waals surface area contributed by atoms with Crippen molar-refractivity contribution in [2.45, 2.75) is 52.7 Å². The fraction of sp³-hybridized carbons (Fsp3) is 0.391. The molecule has 0 spiro atoms. The molecule has 2 atom stereocenters. The van der Waals surface area contributed by atoms with Crippen molar-refractivity contribution in [3.8, 4) is 0 Å². The van der Waals surface area contributed by atoms with Crippen molar-refractivity contribution >= 4 is 5.57 Å². The smallest absolute Gasteiger partial charge is 0.0874 e. The number of allylic oxidation sites excluding steroid dienone is 1. The van der Waals surface area contributed by atoms with Gasteiger partial charge in [0.15, 0.2) is 0 Å². The Hall–Kier alpha value is -1.90. The van der Waals surface area contributed by atoms with E-state index in [4.69, 9.17) is 0 Å².